The van der Waals surface area contributed by atoms with Gasteiger partial charge in [0, 0.05) is 23.5 Å². The molecule has 0 atom stereocenters. The second kappa shape index (κ2) is 7.17. The van der Waals surface area contributed by atoms with E-state index in [0.29, 0.717) is 17.3 Å². The van der Waals surface area contributed by atoms with Gasteiger partial charge < -0.3 is 5.73 Å². The number of nitrogens with one attached hydrogen (secondary N) is 1. The van der Waals surface area contributed by atoms with E-state index in [2.05, 4.69) is 33.6 Å². The van der Waals surface area contributed by atoms with Crippen LogP contribution in [0.25, 0.3) is 16.8 Å². The Labute approximate surface area is 168 Å². The maximum absolute atomic E-state index is 12.7. The minimum Gasteiger partial charge on any atom is -0.366 e. The molecule has 0 aliphatic rings. The van der Waals surface area contributed by atoms with Crippen LogP contribution in [0.2, 0.25) is 0 Å². The number of nitrogen functional groups attached to an aromatic ring is 1. The van der Waals surface area contributed by atoms with Crippen molar-refractivity contribution < 1.29 is 8.42 Å². The first kappa shape index (κ1) is 18.9. The molecule has 4 rings (SSSR count). The standard InChI is InChI=1S/C20H20N6O2S/c1-13(2)14-3-6-18(7-4-14)29(27,28)25-17-9-16(10-22-11-17)15-5-8-19-23-20(21)24-26(19)12-15/h3-13,25H,1-2H3,(H2,21,24). The molecular formula is C20H20N6O2S. The molecule has 0 spiro atoms. The molecule has 148 valence electrons. The Hall–Kier alpha value is -3.46. The van der Waals surface area contributed by atoms with Gasteiger partial charge in [0.15, 0.2) is 5.65 Å². The van der Waals surface area contributed by atoms with Crippen molar-refractivity contribution in [1.82, 2.24) is 19.6 Å². The molecule has 3 heterocycles. The lowest BCUT2D eigenvalue weighted by atomic mass is 10.0. The summed E-state index contributed by atoms with van der Waals surface area (Å²) in [5, 5.41) is 4.09. The molecule has 9 heteroatoms. The van der Waals surface area contributed by atoms with Crippen LogP contribution in [0, 0.1) is 0 Å². The molecule has 0 saturated heterocycles. The van der Waals surface area contributed by atoms with Crippen LogP contribution in [0.3, 0.4) is 0 Å². The lowest BCUT2D eigenvalue weighted by Gasteiger charge is -2.11. The van der Waals surface area contributed by atoms with E-state index in [0.717, 1.165) is 16.7 Å². The number of nitrogens with zero attached hydrogens (tertiary/aromatic N) is 4. The summed E-state index contributed by atoms with van der Waals surface area (Å²) in [6.07, 6.45) is 4.88. The lowest BCUT2D eigenvalue weighted by molar-refractivity contribution is 0.601. The van der Waals surface area contributed by atoms with Crippen LogP contribution in [0.4, 0.5) is 11.6 Å². The molecule has 0 amide bonds. The second-order valence-electron chi connectivity index (χ2n) is 6.98. The predicted octanol–water partition coefficient (Wildman–Crippen LogP) is 3.30. The Morgan fingerprint density at radius 3 is 2.52 bits per heavy atom. The molecule has 0 bridgehead atoms. The van der Waals surface area contributed by atoms with E-state index < -0.39 is 10.0 Å². The van der Waals surface area contributed by atoms with Crippen LogP contribution in [0.1, 0.15) is 25.3 Å². The Morgan fingerprint density at radius 2 is 1.79 bits per heavy atom. The quantitative estimate of drug-likeness (QED) is 0.523. The zero-order valence-corrected chi connectivity index (χ0v) is 16.8. The number of nitrogens with two attached hydrogens (primary N) is 1. The summed E-state index contributed by atoms with van der Waals surface area (Å²) in [4.78, 5) is 8.45. The van der Waals surface area contributed by atoms with Crippen molar-refractivity contribution >= 4 is 27.3 Å². The number of anilines is 2. The van der Waals surface area contributed by atoms with E-state index in [1.54, 1.807) is 41.2 Å². The summed E-state index contributed by atoms with van der Waals surface area (Å²) in [5.74, 6) is 0.517. The average molecular weight is 408 g/mol. The number of rotatable bonds is 5. The second-order valence-corrected chi connectivity index (χ2v) is 8.66. The topological polar surface area (TPSA) is 115 Å². The lowest BCUT2D eigenvalue weighted by Crippen LogP contribution is -2.13. The number of benzene rings is 1. The molecule has 4 aromatic rings. The molecule has 0 saturated carbocycles. The number of pyridine rings is 2. The van der Waals surface area contributed by atoms with Gasteiger partial charge in [-0.25, -0.2) is 12.9 Å². The Bertz CT molecular complexity index is 1280. The maximum Gasteiger partial charge on any atom is 0.261 e. The van der Waals surface area contributed by atoms with Crippen molar-refractivity contribution in [2.45, 2.75) is 24.7 Å². The van der Waals surface area contributed by atoms with Crippen LogP contribution in [0.15, 0.2) is 66.0 Å². The van der Waals surface area contributed by atoms with E-state index in [-0.39, 0.29) is 10.8 Å². The minimum atomic E-state index is -3.72. The zero-order valence-electron chi connectivity index (χ0n) is 15.9. The highest BCUT2D eigenvalue weighted by molar-refractivity contribution is 7.92. The Kier molecular flexibility index (Phi) is 4.67. The van der Waals surface area contributed by atoms with E-state index in [1.165, 1.54) is 6.20 Å². The van der Waals surface area contributed by atoms with Gasteiger partial charge in [0.25, 0.3) is 10.0 Å². The summed E-state index contributed by atoms with van der Waals surface area (Å²) in [5.41, 5.74) is 9.23. The highest BCUT2D eigenvalue weighted by Crippen LogP contribution is 2.24. The van der Waals surface area contributed by atoms with Crippen molar-refractivity contribution in [3.63, 3.8) is 0 Å². The first-order valence-corrected chi connectivity index (χ1v) is 10.5. The van der Waals surface area contributed by atoms with Gasteiger partial charge in [0.2, 0.25) is 5.95 Å². The highest BCUT2D eigenvalue weighted by atomic mass is 32.2. The van der Waals surface area contributed by atoms with Crippen molar-refractivity contribution in [1.29, 1.82) is 0 Å². The molecule has 0 unspecified atom stereocenters. The molecule has 1 aromatic carbocycles. The molecule has 0 radical (unpaired) electrons. The molecule has 0 aliphatic heterocycles. The molecule has 3 N–H and O–H groups in total. The largest absolute Gasteiger partial charge is 0.366 e. The van der Waals surface area contributed by atoms with Gasteiger partial charge in [-0.05, 0) is 41.8 Å². The summed E-state index contributed by atoms with van der Waals surface area (Å²) in [6.45, 7) is 4.12. The molecule has 29 heavy (non-hydrogen) atoms. The van der Waals surface area contributed by atoms with Crippen LogP contribution in [0.5, 0.6) is 0 Å². The number of hydrogen-bond acceptors (Lipinski definition) is 6. The summed E-state index contributed by atoms with van der Waals surface area (Å²) in [6, 6.07) is 12.2. The van der Waals surface area contributed by atoms with E-state index in [9.17, 15) is 8.42 Å². The third-order valence-electron chi connectivity index (χ3n) is 4.53. The van der Waals surface area contributed by atoms with Gasteiger partial charge in [0.05, 0.1) is 16.8 Å². The smallest absolute Gasteiger partial charge is 0.261 e. The van der Waals surface area contributed by atoms with Gasteiger partial charge in [-0.2, -0.15) is 4.98 Å². The molecule has 8 nitrogen and oxygen atoms in total. The fraction of sp³-hybridized carbons (Fsp3) is 0.150. The summed E-state index contributed by atoms with van der Waals surface area (Å²) < 4.78 is 29.6. The highest BCUT2D eigenvalue weighted by Gasteiger charge is 2.15. The van der Waals surface area contributed by atoms with Gasteiger partial charge in [-0.3, -0.25) is 9.71 Å². The Balaban J connectivity index is 1.62. The maximum atomic E-state index is 12.7. The zero-order chi connectivity index (χ0) is 20.6. The van der Waals surface area contributed by atoms with Crippen LogP contribution < -0.4 is 10.5 Å². The van der Waals surface area contributed by atoms with Crippen LogP contribution in [-0.4, -0.2) is 28.0 Å². The number of aromatic nitrogens is 4. The summed E-state index contributed by atoms with van der Waals surface area (Å²) >= 11 is 0. The minimum absolute atomic E-state index is 0.185. The molecule has 0 aliphatic carbocycles. The number of sulfonamides is 1. The first-order chi connectivity index (χ1) is 13.8. The van der Waals surface area contributed by atoms with Gasteiger partial charge in [-0.1, -0.05) is 26.0 Å². The molecule has 0 fully saturated rings. The number of fused-ring (bicyclic) bond motifs is 1. The van der Waals surface area contributed by atoms with Crippen LogP contribution in [-0.2, 0) is 10.0 Å². The monoisotopic (exact) mass is 408 g/mol. The van der Waals surface area contributed by atoms with E-state index in [1.807, 2.05) is 18.2 Å². The Morgan fingerprint density at radius 1 is 1.03 bits per heavy atom. The predicted molar refractivity (Wildman–Crippen MR) is 112 cm³/mol. The van der Waals surface area contributed by atoms with Crippen molar-refractivity contribution in [3.05, 3.63) is 66.6 Å². The molecule has 3 aromatic heterocycles. The summed E-state index contributed by atoms with van der Waals surface area (Å²) in [7, 11) is -3.72. The van der Waals surface area contributed by atoms with Gasteiger partial charge in [-0.15, -0.1) is 5.10 Å². The number of hydrogen-bond donors (Lipinski definition) is 2. The van der Waals surface area contributed by atoms with Crippen molar-refractivity contribution in [2.24, 2.45) is 0 Å². The van der Waals surface area contributed by atoms with Gasteiger partial charge >= 0.3 is 0 Å². The van der Waals surface area contributed by atoms with Crippen LogP contribution >= 0.6 is 0 Å². The SMILES string of the molecule is CC(C)c1ccc(S(=O)(=O)Nc2cncc(-c3ccc4nc(N)nn4c3)c2)cc1. The van der Waals surface area contributed by atoms with Crippen molar-refractivity contribution in [3.8, 4) is 11.1 Å². The first-order valence-electron chi connectivity index (χ1n) is 9.02. The fourth-order valence-corrected chi connectivity index (χ4v) is 4.00. The van der Waals surface area contributed by atoms with E-state index >= 15 is 0 Å². The average Bonchev–Trinajstić information content (AvgIpc) is 3.07. The third-order valence-corrected chi connectivity index (χ3v) is 5.93. The third kappa shape index (κ3) is 3.90. The fourth-order valence-electron chi connectivity index (χ4n) is 2.97. The van der Waals surface area contributed by atoms with E-state index in [4.69, 9.17) is 5.73 Å². The normalized spacial score (nSPS) is 11.8. The molecular weight excluding hydrogens is 388 g/mol. The van der Waals surface area contributed by atoms with Gasteiger partial charge in [0.1, 0.15) is 0 Å². The van der Waals surface area contributed by atoms with Crippen molar-refractivity contribution in [2.75, 3.05) is 10.5 Å².